The summed E-state index contributed by atoms with van der Waals surface area (Å²) in [5.41, 5.74) is 0.480. The Hall–Kier alpha value is -1.59. The lowest BCUT2D eigenvalue weighted by atomic mass is 10.1. The lowest BCUT2D eigenvalue weighted by molar-refractivity contribution is -0.0742. The van der Waals surface area contributed by atoms with E-state index < -0.39 is 6.29 Å². The molecule has 1 aliphatic heterocycles. The molecule has 0 radical (unpaired) electrons. The van der Waals surface area contributed by atoms with Crippen LogP contribution in [-0.4, -0.2) is 39.5 Å². The van der Waals surface area contributed by atoms with Gasteiger partial charge < -0.3 is 18.9 Å². The van der Waals surface area contributed by atoms with Gasteiger partial charge >= 0.3 is 0 Å². The number of ketones is 1. The van der Waals surface area contributed by atoms with Crippen LogP contribution in [0.25, 0.3) is 0 Å². The lowest BCUT2D eigenvalue weighted by Crippen LogP contribution is -2.24. The first-order valence-electron chi connectivity index (χ1n) is 5.75. The Balaban J connectivity index is 2.24. The van der Waals surface area contributed by atoms with E-state index in [9.17, 15) is 4.79 Å². The first-order chi connectivity index (χ1) is 8.76. The minimum absolute atomic E-state index is 0.240. The Labute approximate surface area is 106 Å². The first kappa shape index (κ1) is 12.9. The Bertz CT molecular complexity index is 425. The molecule has 0 spiro atoms. The van der Waals surface area contributed by atoms with Gasteiger partial charge in [-0.1, -0.05) is 0 Å². The summed E-state index contributed by atoms with van der Waals surface area (Å²) in [5, 5.41) is 0. The quantitative estimate of drug-likeness (QED) is 0.602. The number of fused-ring (bicyclic) bond motifs is 1. The molecule has 5 heteroatoms. The van der Waals surface area contributed by atoms with Gasteiger partial charge in [-0.15, -0.1) is 0 Å². The largest absolute Gasteiger partial charge is 0.490 e. The van der Waals surface area contributed by atoms with E-state index in [4.69, 9.17) is 18.9 Å². The number of rotatable bonds is 4. The van der Waals surface area contributed by atoms with Crippen LogP contribution in [0.15, 0.2) is 18.2 Å². The topological polar surface area (TPSA) is 54.0 Å². The number of carbonyl (C=O) groups is 1. The molecule has 0 atom stereocenters. The predicted octanol–water partition coefficient (Wildman–Crippen LogP) is 1.65. The third kappa shape index (κ3) is 2.63. The molecular weight excluding hydrogens is 236 g/mol. The molecule has 1 aromatic rings. The highest BCUT2D eigenvalue weighted by atomic mass is 16.7. The van der Waals surface area contributed by atoms with Crippen LogP contribution in [0.5, 0.6) is 11.5 Å². The third-order valence-corrected chi connectivity index (χ3v) is 2.67. The minimum Gasteiger partial charge on any atom is -0.490 e. The van der Waals surface area contributed by atoms with Gasteiger partial charge in [0.1, 0.15) is 0 Å². The normalized spacial score (nSPS) is 14.4. The Kier molecular flexibility index (Phi) is 4.17. The van der Waals surface area contributed by atoms with E-state index in [0.29, 0.717) is 30.3 Å². The number of hydrogen-bond donors (Lipinski definition) is 0. The van der Waals surface area contributed by atoms with Gasteiger partial charge in [-0.3, -0.25) is 4.79 Å². The Morgan fingerprint density at radius 2 is 1.83 bits per heavy atom. The maximum absolute atomic E-state index is 12.0. The van der Waals surface area contributed by atoms with Crippen molar-refractivity contribution in [1.82, 2.24) is 0 Å². The molecule has 1 aromatic carbocycles. The van der Waals surface area contributed by atoms with Crippen molar-refractivity contribution in [3.63, 3.8) is 0 Å². The van der Waals surface area contributed by atoms with Gasteiger partial charge in [-0.2, -0.15) is 0 Å². The molecule has 1 aliphatic rings. The zero-order chi connectivity index (χ0) is 13.0. The molecular formula is C13H16O5. The van der Waals surface area contributed by atoms with Crippen LogP contribution in [0.1, 0.15) is 16.8 Å². The highest BCUT2D eigenvalue weighted by Crippen LogP contribution is 2.30. The second kappa shape index (κ2) is 5.84. The van der Waals surface area contributed by atoms with Crippen LogP contribution in [0.4, 0.5) is 0 Å². The molecule has 0 saturated heterocycles. The van der Waals surface area contributed by atoms with Crippen LogP contribution < -0.4 is 9.47 Å². The molecule has 0 N–H and O–H groups in total. The zero-order valence-electron chi connectivity index (χ0n) is 10.5. The average Bonchev–Trinajstić information content (AvgIpc) is 2.64. The molecule has 2 rings (SSSR count). The number of ether oxygens (including phenoxy) is 4. The average molecular weight is 252 g/mol. The van der Waals surface area contributed by atoms with Crippen LogP contribution in [-0.2, 0) is 9.47 Å². The SMILES string of the molecule is COC(OC)C(=O)c1ccc2c(c1)OCCCO2. The monoisotopic (exact) mass is 252 g/mol. The fraction of sp³-hybridized carbons (Fsp3) is 0.462. The Morgan fingerprint density at radius 3 is 2.50 bits per heavy atom. The van der Waals surface area contributed by atoms with Crippen molar-refractivity contribution in [2.75, 3.05) is 27.4 Å². The summed E-state index contributed by atoms with van der Waals surface area (Å²) >= 11 is 0. The second-order valence-corrected chi connectivity index (χ2v) is 3.88. The molecule has 0 amide bonds. The summed E-state index contributed by atoms with van der Waals surface area (Å²) < 4.78 is 20.9. The van der Waals surface area contributed by atoms with Gasteiger partial charge in [0.2, 0.25) is 12.1 Å². The van der Waals surface area contributed by atoms with E-state index in [-0.39, 0.29) is 5.78 Å². The summed E-state index contributed by atoms with van der Waals surface area (Å²) in [5.74, 6) is 1.01. The van der Waals surface area contributed by atoms with Crippen molar-refractivity contribution in [2.45, 2.75) is 12.7 Å². The maximum Gasteiger partial charge on any atom is 0.222 e. The lowest BCUT2D eigenvalue weighted by Gasteiger charge is -2.13. The maximum atomic E-state index is 12.0. The van der Waals surface area contributed by atoms with E-state index in [1.807, 2.05) is 0 Å². The Morgan fingerprint density at radius 1 is 1.17 bits per heavy atom. The molecule has 0 unspecified atom stereocenters. The van der Waals surface area contributed by atoms with Crippen LogP contribution in [0.3, 0.4) is 0 Å². The second-order valence-electron chi connectivity index (χ2n) is 3.88. The fourth-order valence-corrected chi connectivity index (χ4v) is 1.76. The van der Waals surface area contributed by atoms with Crippen molar-refractivity contribution in [3.8, 4) is 11.5 Å². The molecule has 0 aliphatic carbocycles. The van der Waals surface area contributed by atoms with Gasteiger partial charge in [0.05, 0.1) is 13.2 Å². The van der Waals surface area contributed by atoms with E-state index >= 15 is 0 Å². The standard InChI is InChI=1S/C13H16O5/c1-15-13(16-2)12(14)9-4-5-10-11(8-9)18-7-3-6-17-10/h4-5,8,13H,3,6-7H2,1-2H3. The van der Waals surface area contributed by atoms with Crippen LogP contribution in [0, 0.1) is 0 Å². The first-order valence-corrected chi connectivity index (χ1v) is 5.75. The fourth-order valence-electron chi connectivity index (χ4n) is 1.76. The smallest absolute Gasteiger partial charge is 0.222 e. The number of benzene rings is 1. The summed E-state index contributed by atoms with van der Waals surface area (Å²) in [7, 11) is 2.85. The number of hydrogen-bond acceptors (Lipinski definition) is 5. The van der Waals surface area contributed by atoms with E-state index in [2.05, 4.69) is 0 Å². The van der Waals surface area contributed by atoms with Gasteiger partial charge in [0.25, 0.3) is 0 Å². The van der Waals surface area contributed by atoms with Crippen molar-refractivity contribution in [1.29, 1.82) is 0 Å². The molecule has 0 bridgehead atoms. The van der Waals surface area contributed by atoms with Gasteiger partial charge in [0.15, 0.2) is 11.5 Å². The minimum atomic E-state index is -0.894. The number of methoxy groups -OCH3 is 2. The molecule has 98 valence electrons. The van der Waals surface area contributed by atoms with Crippen molar-refractivity contribution < 1.29 is 23.7 Å². The van der Waals surface area contributed by atoms with Gasteiger partial charge in [0, 0.05) is 26.2 Å². The third-order valence-electron chi connectivity index (χ3n) is 2.67. The summed E-state index contributed by atoms with van der Waals surface area (Å²) in [4.78, 5) is 12.0. The number of Topliss-reactive ketones (excluding diaryl/α,β-unsaturated/α-hetero) is 1. The van der Waals surface area contributed by atoms with Crippen molar-refractivity contribution in [3.05, 3.63) is 23.8 Å². The van der Waals surface area contributed by atoms with Crippen LogP contribution >= 0.6 is 0 Å². The summed E-state index contributed by atoms with van der Waals surface area (Å²) in [6, 6.07) is 5.07. The summed E-state index contributed by atoms with van der Waals surface area (Å²) in [6.45, 7) is 1.21. The highest BCUT2D eigenvalue weighted by molar-refractivity contribution is 5.99. The summed E-state index contributed by atoms with van der Waals surface area (Å²) in [6.07, 6.45) is -0.0637. The zero-order valence-corrected chi connectivity index (χ0v) is 10.5. The predicted molar refractivity (Wildman–Crippen MR) is 64.2 cm³/mol. The van der Waals surface area contributed by atoms with E-state index in [0.717, 1.165) is 6.42 Å². The molecule has 5 nitrogen and oxygen atoms in total. The highest BCUT2D eigenvalue weighted by Gasteiger charge is 2.21. The van der Waals surface area contributed by atoms with Gasteiger partial charge in [-0.25, -0.2) is 0 Å². The molecule has 0 saturated carbocycles. The van der Waals surface area contributed by atoms with E-state index in [1.165, 1.54) is 14.2 Å². The van der Waals surface area contributed by atoms with Crippen molar-refractivity contribution >= 4 is 5.78 Å². The van der Waals surface area contributed by atoms with Gasteiger partial charge in [-0.05, 0) is 18.2 Å². The number of carbonyl (C=O) groups excluding carboxylic acids is 1. The van der Waals surface area contributed by atoms with E-state index in [1.54, 1.807) is 18.2 Å². The molecule has 18 heavy (non-hydrogen) atoms. The molecule has 0 aromatic heterocycles. The van der Waals surface area contributed by atoms with Crippen molar-refractivity contribution in [2.24, 2.45) is 0 Å². The van der Waals surface area contributed by atoms with Crippen LogP contribution in [0.2, 0.25) is 0 Å². The molecule has 1 heterocycles. The molecule has 0 fully saturated rings.